The number of nitrogens with zero attached hydrogens (tertiary/aromatic N) is 1. The molecule has 3 heteroatoms. The molecule has 0 bridgehead atoms. The van der Waals surface area contributed by atoms with E-state index in [0.29, 0.717) is 12.1 Å². The number of nitrogens with one attached hydrogen (secondary N) is 1. The van der Waals surface area contributed by atoms with Crippen LogP contribution < -0.4 is 11.1 Å². The molecule has 3 N–H and O–H groups in total. The molecule has 1 heterocycles. The predicted molar refractivity (Wildman–Crippen MR) is 68.5 cm³/mol. The van der Waals surface area contributed by atoms with Gasteiger partial charge in [0.25, 0.3) is 0 Å². The SMILES string of the molecule is CC1CCCCN1CCCNC1CC(N)C1. The molecule has 2 fully saturated rings. The van der Waals surface area contributed by atoms with E-state index >= 15 is 0 Å². The van der Waals surface area contributed by atoms with Crippen LogP contribution >= 0.6 is 0 Å². The Labute approximate surface area is 99.8 Å². The van der Waals surface area contributed by atoms with Crippen LogP contribution in [-0.2, 0) is 0 Å². The van der Waals surface area contributed by atoms with Gasteiger partial charge in [-0.2, -0.15) is 0 Å². The molecule has 1 saturated heterocycles. The van der Waals surface area contributed by atoms with Gasteiger partial charge in [-0.3, -0.25) is 0 Å². The summed E-state index contributed by atoms with van der Waals surface area (Å²) in [6.07, 6.45) is 7.87. The third kappa shape index (κ3) is 3.44. The smallest absolute Gasteiger partial charge is 0.00965 e. The van der Waals surface area contributed by atoms with E-state index in [1.165, 1.54) is 58.2 Å². The lowest BCUT2D eigenvalue weighted by atomic mass is 9.87. The summed E-state index contributed by atoms with van der Waals surface area (Å²) in [5, 5.41) is 3.60. The summed E-state index contributed by atoms with van der Waals surface area (Å²) in [6, 6.07) is 2.00. The van der Waals surface area contributed by atoms with Gasteiger partial charge in [-0.25, -0.2) is 0 Å². The van der Waals surface area contributed by atoms with E-state index in [0.717, 1.165) is 6.04 Å². The Morgan fingerprint density at radius 1 is 1.31 bits per heavy atom. The molecule has 3 nitrogen and oxygen atoms in total. The quantitative estimate of drug-likeness (QED) is 0.694. The first-order chi connectivity index (χ1) is 7.75. The second-order valence-electron chi connectivity index (χ2n) is 5.62. The van der Waals surface area contributed by atoms with Crippen molar-refractivity contribution in [3.05, 3.63) is 0 Å². The minimum absolute atomic E-state index is 0.472. The molecule has 1 aliphatic heterocycles. The number of nitrogens with two attached hydrogens (primary N) is 1. The number of hydrogen-bond acceptors (Lipinski definition) is 3. The monoisotopic (exact) mass is 225 g/mol. The fourth-order valence-corrected chi connectivity index (χ4v) is 2.91. The van der Waals surface area contributed by atoms with Gasteiger partial charge in [0, 0.05) is 18.1 Å². The molecular formula is C13H27N3. The van der Waals surface area contributed by atoms with E-state index in [2.05, 4.69) is 17.1 Å². The first-order valence-corrected chi connectivity index (χ1v) is 6.98. The van der Waals surface area contributed by atoms with E-state index in [9.17, 15) is 0 Å². The van der Waals surface area contributed by atoms with E-state index in [-0.39, 0.29) is 0 Å². The van der Waals surface area contributed by atoms with Gasteiger partial charge in [0.1, 0.15) is 0 Å². The van der Waals surface area contributed by atoms with Crippen LogP contribution in [0, 0.1) is 0 Å². The zero-order valence-corrected chi connectivity index (χ0v) is 10.6. The van der Waals surface area contributed by atoms with Crippen LogP contribution in [0.4, 0.5) is 0 Å². The summed E-state index contributed by atoms with van der Waals surface area (Å²) in [5.41, 5.74) is 5.76. The number of rotatable bonds is 5. The van der Waals surface area contributed by atoms with Gasteiger partial charge < -0.3 is 16.0 Å². The van der Waals surface area contributed by atoms with Gasteiger partial charge in [0.15, 0.2) is 0 Å². The lowest BCUT2D eigenvalue weighted by Crippen LogP contribution is -2.49. The highest BCUT2D eigenvalue weighted by Crippen LogP contribution is 2.18. The topological polar surface area (TPSA) is 41.3 Å². The van der Waals surface area contributed by atoms with Crippen LogP contribution in [0.15, 0.2) is 0 Å². The standard InChI is InChI=1S/C13H27N3/c1-11-5-2-3-7-16(11)8-4-6-15-13-9-12(14)10-13/h11-13,15H,2-10,14H2,1H3. The van der Waals surface area contributed by atoms with Crippen LogP contribution in [0.5, 0.6) is 0 Å². The van der Waals surface area contributed by atoms with Crippen molar-refractivity contribution in [2.45, 2.75) is 63.6 Å². The van der Waals surface area contributed by atoms with Crippen molar-refractivity contribution in [2.75, 3.05) is 19.6 Å². The molecule has 0 spiro atoms. The summed E-state index contributed by atoms with van der Waals surface area (Å²) >= 11 is 0. The van der Waals surface area contributed by atoms with Crippen molar-refractivity contribution in [3.8, 4) is 0 Å². The molecule has 0 amide bonds. The first-order valence-electron chi connectivity index (χ1n) is 6.98. The lowest BCUT2D eigenvalue weighted by Gasteiger charge is -2.35. The Kier molecular flexibility index (Phi) is 4.62. The normalized spacial score (nSPS) is 36.0. The molecule has 0 aromatic carbocycles. The zero-order valence-electron chi connectivity index (χ0n) is 10.6. The minimum atomic E-state index is 0.472. The summed E-state index contributed by atoms with van der Waals surface area (Å²) in [6.45, 7) is 6.13. The Morgan fingerprint density at radius 2 is 2.12 bits per heavy atom. The highest BCUT2D eigenvalue weighted by atomic mass is 15.2. The molecule has 0 aromatic rings. The Balaban J connectivity index is 1.50. The number of likely N-dealkylation sites (tertiary alicyclic amines) is 1. The van der Waals surface area contributed by atoms with Crippen molar-refractivity contribution in [1.82, 2.24) is 10.2 Å². The highest BCUT2D eigenvalue weighted by molar-refractivity contribution is 4.87. The predicted octanol–water partition coefficient (Wildman–Crippen LogP) is 1.33. The van der Waals surface area contributed by atoms with Crippen molar-refractivity contribution < 1.29 is 0 Å². The van der Waals surface area contributed by atoms with Crippen molar-refractivity contribution in [3.63, 3.8) is 0 Å². The molecule has 2 rings (SSSR count). The molecule has 1 unspecified atom stereocenters. The van der Waals surface area contributed by atoms with Gasteiger partial charge in [-0.05, 0) is 58.7 Å². The lowest BCUT2D eigenvalue weighted by molar-refractivity contribution is 0.157. The Bertz CT molecular complexity index is 201. The van der Waals surface area contributed by atoms with E-state index < -0.39 is 0 Å². The summed E-state index contributed by atoms with van der Waals surface area (Å²) < 4.78 is 0. The van der Waals surface area contributed by atoms with Crippen LogP contribution in [0.3, 0.4) is 0 Å². The third-order valence-corrected chi connectivity index (χ3v) is 4.17. The molecule has 16 heavy (non-hydrogen) atoms. The molecular weight excluding hydrogens is 198 g/mol. The van der Waals surface area contributed by atoms with Crippen LogP contribution in [-0.4, -0.2) is 42.7 Å². The Morgan fingerprint density at radius 3 is 2.81 bits per heavy atom. The van der Waals surface area contributed by atoms with E-state index in [1.807, 2.05) is 0 Å². The summed E-state index contributed by atoms with van der Waals surface area (Å²) in [5.74, 6) is 0. The van der Waals surface area contributed by atoms with Gasteiger partial charge >= 0.3 is 0 Å². The maximum absolute atomic E-state index is 5.76. The largest absolute Gasteiger partial charge is 0.328 e. The maximum atomic E-state index is 5.76. The van der Waals surface area contributed by atoms with E-state index in [4.69, 9.17) is 5.73 Å². The van der Waals surface area contributed by atoms with Crippen LogP contribution in [0.1, 0.15) is 45.4 Å². The van der Waals surface area contributed by atoms with Gasteiger partial charge in [-0.1, -0.05) is 6.42 Å². The zero-order chi connectivity index (χ0) is 11.4. The fourth-order valence-electron chi connectivity index (χ4n) is 2.91. The average molecular weight is 225 g/mol. The minimum Gasteiger partial charge on any atom is -0.328 e. The Hall–Kier alpha value is -0.120. The van der Waals surface area contributed by atoms with E-state index in [1.54, 1.807) is 0 Å². The van der Waals surface area contributed by atoms with Crippen LogP contribution in [0.25, 0.3) is 0 Å². The highest BCUT2D eigenvalue weighted by Gasteiger charge is 2.24. The molecule has 0 radical (unpaired) electrons. The number of hydrogen-bond donors (Lipinski definition) is 2. The molecule has 1 atom stereocenters. The van der Waals surface area contributed by atoms with Gasteiger partial charge in [0.05, 0.1) is 0 Å². The molecule has 0 aromatic heterocycles. The van der Waals surface area contributed by atoms with Gasteiger partial charge in [-0.15, -0.1) is 0 Å². The maximum Gasteiger partial charge on any atom is 0.00965 e. The molecule has 1 saturated carbocycles. The second kappa shape index (κ2) is 5.99. The van der Waals surface area contributed by atoms with Crippen molar-refractivity contribution >= 4 is 0 Å². The van der Waals surface area contributed by atoms with Crippen molar-refractivity contribution in [2.24, 2.45) is 5.73 Å². The molecule has 94 valence electrons. The van der Waals surface area contributed by atoms with Gasteiger partial charge in [0.2, 0.25) is 0 Å². The summed E-state index contributed by atoms with van der Waals surface area (Å²) in [4.78, 5) is 2.65. The fraction of sp³-hybridized carbons (Fsp3) is 1.00. The second-order valence-corrected chi connectivity index (χ2v) is 5.62. The van der Waals surface area contributed by atoms with Crippen molar-refractivity contribution in [1.29, 1.82) is 0 Å². The first kappa shape index (κ1) is 12.3. The molecule has 1 aliphatic carbocycles. The average Bonchev–Trinajstić information content (AvgIpc) is 2.23. The number of piperidine rings is 1. The van der Waals surface area contributed by atoms with Crippen LogP contribution in [0.2, 0.25) is 0 Å². The third-order valence-electron chi connectivity index (χ3n) is 4.17. The summed E-state index contributed by atoms with van der Waals surface area (Å²) in [7, 11) is 0. The molecule has 2 aliphatic rings.